The Hall–Kier alpha value is -0.450. The molecular weight excluding hydrogens is 253 g/mol. The van der Waals surface area contributed by atoms with Crippen molar-refractivity contribution in [3.8, 4) is 5.75 Å². The van der Waals surface area contributed by atoms with Gasteiger partial charge in [-0.2, -0.15) is 0 Å². The Kier molecular flexibility index (Phi) is 2.59. The summed E-state index contributed by atoms with van der Waals surface area (Å²) in [6.07, 6.45) is 0. The molecule has 0 fully saturated rings. The average molecular weight is 263 g/mol. The van der Waals surface area contributed by atoms with Gasteiger partial charge in [-0.15, -0.1) is 0 Å². The maximum Gasteiger partial charge on any atom is 0.143 e. The van der Waals surface area contributed by atoms with Gasteiger partial charge in [0.1, 0.15) is 5.75 Å². The molecular formula is C8H10INO. The van der Waals surface area contributed by atoms with Crippen molar-refractivity contribution in [3.63, 3.8) is 0 Å². The molecule has 1 aromatic rings. The third-order valence-electron chi connectivity index (χ3n) is 1.53. The van der Waals surface area contributed by atoms with Crippen molar-refractivity contribution in [2.75, 3.05) is 12.8 Å². The molecule has 1 rings (SSSR count). The van der Waals surface area contributed by atoms with Gasteiger partial charge >= 0.3 is 0 Å². The predicted octanol–water partition coefficient (Wildman–Crippen LogP) is 2.19. The van der Waals surface area contributed by atoms with Gasteiger partial charge in [0.05, 0.1) is 12.8 Å². The zero-order valence-corrected chi connectivity index (χ0v) is 8.68. The van der Waals surface area contributed by atoms with E-state index in [1.165, 1.54) is 0 Å². The number of ether oxygens (including phenoxy) is 1. The van der Waals surface area contributed by atoms with Gasteiger partial charge in [0.2, 0.25) is 0 Å². The molecule has 0 atom stereocenters. The molecule has 2 N–H and O–H groups in total. The Bertz CT molecular complexity index is 273. The summed E-state index contributed by atoms with van der Waals surface area (Å²) in [5, 5.41) is 0. The van der Waals surface area contributed by atoms with Crippen LogP contribution in [-0.4, -0.2) is 7.11 Å². The van der Waals surface area contributed by atoms with Gasteiger partial charge in [0, 0.05) is 3.57 Å². The molecule has 0 spiro atoms. The highest BCUT2D eigenvalue weighted by Crippen LogP contribution is 2.26. The van der Waals surface area contributed by atoms with Crippen molar-refractivity contribution in [2.45, 2.75) is 6.92 Å². The van der Waals surface area contributed by atoms with E-state index in [-0.39, 0.29) is 0 Å². The monoisotopic (exact) mass is 263 g/mol. The molecule has 0 aliphatic heterocycles. The van der Waals surface area contributed by atoms with E-state index in [1.807, 2.05) is 19.1 Å². The Balaban J connectivity index is 3.24. The van der Waals surface area contributed by atoms with Gasteiger partial charge in [-0.05, 0) is 47.2 Å². The number of nitrogen functional groups attached to an aromatic ring is 1. The zero-order valence-electron chi connectivity index (χ0n) is 6.52. The molecule has 0 unspecified atom stereocenters. The predicted molar refractivity (Wildman–Crippen MR) is 54.9 cm³/mol. The molecule has 0 saturated heterocycles. The molecule has 2 nitrogen and oxygen atoms in total. The van der Waals surface area contributed by atoms with Crippen LogP contribution in [0, 0.1) is 10.5 Å². The third-order valence-corrected chi connectivity index (χ3v) is 2.16. The summed E-state index contributed by atoms with van der Waals surface area (Å²) in [6.45, 7) is 1.97. The van der Waals surface area contributed by atoms with Crippen LogP contribution in [0.1, 0.15) is 5.56 Å². The standard InChI is InChI=1S/C8H10INO/c1-5-3-6(9)4-7(11-2)8(5)10/h3-4H,10H2,1-2H3. The molecule has 1 aromatic carbocycles. The zero-order chi connectivity index (χ0) is 8.43. The molecule has 0 amide bonds. The molecule has 11 heavy (non-hydrogen) atoms. The van der Waals surface area contributed by atoms with E-state index >= 15 is 0 Å². The van der Waals surface area contributed by atoms with Crippen molar-refractivity contribution >= 4 is 28.3 Å². The van der Waals surface area contributed by atoms with Crippen LogP contribution < -0.4 is 10.5 Å². The van der Waals surface area contributed by atoms with E-state index in [1.54, 1.807) is 7.11 Å². The summed E-state index contributed by atoms with van der Waals surface area (Å²) < 4.78 is 6.22. The van der Waals surface area contributed by atoms with Crippen LogP contribution in [0.4, 0.5) is 5.69 Å². The van der Waals surface area contributed by atoms with Gasteiger partial charge in [0.15, 0.2) is 0 Å². The van der Waals surface area contributed by atoms with Crippen molar-refractivity contribution in [2.24, 2.45) is 0 Å². The third kappa shape index (κ3) is 1.77. The lowest BCUT2D eigenvalue weighted by molar-refractivity contribution is 0.416. The molecule has 60 valence electrons. The lowest BCUT2D eigenvalue weighted by Crippen LogP contribution is -1.95. The first-order valence-corrected chi connectivity index (χ1v) is 4.32. The molecule has 0 aliphatic carbocycles. The minimum atomic E-state index is 0.730. The summed E-state index contributed by atoms with van der Waals surface area (Å²) in [7, 11) is 1.63. The minimum Gasteiger partial charge on any atom is -0.495 e. The van der Waals surface area contributed by atoms with E-state index in [4.69, 9.17) is 10.5 Å². The smallest absolute Gasteiger partial charge is 0.143 e. The number of methoxy groups -OCH3 is 1. The first kappa shape index (κ1) is 8.64. The number of aryl methyl sites for hydroxylation is 1. The normalized spacial score (nSPS) is 9.73. The second-order valence-corrected chi connectivity index (χ2v) is 3.58. The number of halogens is 1. The van der Waals surface area contributed by atoms with Crippen LogP contribution in [-0.2, 0) is 0 Å². The first-order valence-electron chi connectivity index (χ1n) is 3.24. The van der Waals surface area contributed by atoms with Crippen molar-refractivity contribution < 1.29 is 4.74 Å². The number of benzene rings is 1. The SMILES string of the molecule is COc1cc(I)cc(C)c1N. The fraction of sp³-hybridized carbons (Fsp3) is 0.250. The molecule has 0 saturated carbocycles. The summed E-state index contributed by atoms with van der Waals surface area (Å²) in [5.74, 6) is 0.759. The second kappa shape index (κ2) is 3.30. The Morgan fingerprint density at radius 1 is 1.45 bits per heavy atom. The largest absolute Gasteiger partial charge is 0.495 e. The summed E-state index contributed by atoms with van der Waals surface area (Å²) in [5.41, 5.74) is 7.53. The van der Waals surface area contributed by atoms with Gasteiger partial charge in [-0.3, -0.25) is 0 Å². The van der Waals surface area contributed by atoms with Crippen LogP contribution in [0.5, 0.6) is 5.75 Å². The minimum absolute atomic E-state index is 0.730. The van der Waals surface area contributed by atoms with Crippen LogP contribution in [0.25, 0.3) is 0 Å². The molecule has 0 radical (unpaired) electrons. The molecule has 3 heteroatoms. The fourth-order valence-electron chi connectivity index (χ4n) is 0.892. The lowest BCUT2D eigenvalue weighted by Gasteiger charge is -2.07. The van der Waals surface area contributed by atoms with E-state index < -0.39 is 0 Å². The Morgan fingerprint density at radius 3 is 2.64 bits per heavy atom. The van der Waals surface area contributed by atoms with Crippen molar-refractivity contribution in [1.29, 1.82) is 0 Å². The van der Waals surface area contributed by atoms with Crippen LogP contribution >= 0.6 is 22.6 Å². The number of rotatable bonds is 1. The summed E-state index contributed by atoms with van der Waals surface area (Å²) in [6, 6.07) is 3.95. The van der Waals surface area contributed by atoms with Gasteiger partial charge < -0.3 is 10.5 Å². The van der Waals surface area contributed by atoms with Crippen LogP contribution in [0.15, 0.2) is 12.1 Å². The van der Waals surface area contributed by atoms with Crippen LogP contribution in [0.2, 0.25) is 0 Å². The molecule has 0 bridgehead atoms. The number of nitrogens with two attached hydrogens (primary N) is 1. The van der Waals surface area contributed by atoms with E-state index in [2.05, 4.69) is 22.6 Å². The summed E-state index contributed by atoms with van der Waals surface area (Å²) >= 11 is 2.24. The number of hydrogen-bond acceptors (Lipinski definition) is 2. The molecule has 0 heterocycles. The number of hydrogen-bond donors (Lipinski definition) is 1. The van der Waals surface area contributed by atoms with E-state index in [9.17, 15) is 0 Å². The Morgan fingerprint density at radius 2 is 2.09 bits per heavy atom. The van der Waals surface area contributed by atoms with E-state index in [0.29, 0.717) is 0 Å². The summed E-state index contributed by atoms with van der Waals surface area (Å²) in [4.78, 5) is 0. The average Bonchev–Trinajstić information content (AvgIpc) is 1.96. The Labute approximate surface area is 79.9 Å². The highest BCUT2D eigenvalue weighted by molar-refractivity contribution is 14.1. The first-order chi connectivity index (χ1) is 5.15. The maximum absolute atomic E-state index is 5.73. The van der Waals surface area contributed by atoms with Crippen molar-refractivity contribution in [1.82, 2.24) is 0 Å². The van der Waals surface area contributed by atoms with Gasteiger partial charge in [-0.25, -0.2) is 0 Å². The highest BCUT2D eigenvalue weighted by atomic mass is 127. The van der Waals surface area contributed by atoms with Crippen LogP contribution in [0.3, 0.4) is 0 Å². The number of anilines is 1. The van der Waals surface area contributed by atoms with Gasteiger partial charge in [0.25, 0.3) is 0 Å². The molecule has 0 aromatic heterocycles. The second-order valence-electron chi connectivity index (χ2n) is 2.34. The topological polar surface area (TPSA) is 35.2 Å². The van der Waals surface area contributed by atoms with Gasteiger partial charge in [-0.1, -0.05) is 0 Å². The molecule has 0 aliphatic rings. The lowest BCUT2D eigenvalue weighted by atomic mass is 10.2. The van der Waals surface area contributed by atoms with Crippen molar-refractivity contribution in [3.05, 3.63) is 21.3 Å². The highest BCUT2D eigenvalue weighted by Gasteiger charge is 2.02. The fourth-order valence-corrected chi connectivity index (χ4v) is 1.64. The quantitative estimate of drug-likeness (QED) is 0.622. The maximum atomic E-state index is 5.73. The van der Waals surface area contributed by atoms with E-state index in [0.717, 1.165) is 20.6 Å².